The number of nitrogens with two attached hydrogens (primary N) is 1. The Labute approximate surface area is 172 Å². The van der Waals surface area contributed by atoms with E-state index in [4.69, 9.17) is 19.3 Å². The molecule has 0 bridgehead atoms. The van der Waals surface area contributed by atoms with E-state index in [1.807, 2.05) is 13.2 Å². The summed E-state index contributed by atoms with van der Waals surface area (Å²) in [4.78, 5) is 2.41. The SMILES string of the molecule is COC1(CCCN(CC=Cc2ccccc2)CCN)CCCC[Si]1(OC)OC. The normalized spacial score (nSPS) is 22.2. The molecule has 0 saturated carbocycles. The molecule has 158 valence electrons. The molecule has 1 aliphatic heterocycles. The van der Waals surface area contributed by atoms with Gasteiger partial charge in [0.05, 0.1) is 0 Å². The smallest absolute Gasteiger partial charge is 0.370 e. The summed E-state index contributed by atoms with van der Waals surface area (Å²) in [5.41, 5.74) is 7.07. The van der Waals surface area contributed by atoms with Gasteiger partial charge in [-0.2, -0.15) is 0 Å². The maximum absolute atomic E-state index is 6.11. The molecule has 6 heteroatoms. The lowest BCUT2D eigenvalue weighted by Crippen LogP contribution is -2.64. The maximum Gasteiger partial charge on any atom is 0.370 e. The summed E-state index contributed by atoms with van der Waals surface area (Å²) in [6.07, 6.45) is 9.80. The van der Waals surface area contributed by atoms with Gasteiger partial charge in [0.15, 0.2) is 0 Å². The van der Waals surface area contributed by atoms with E-state index >= 15 is 0 Å². The topological polar surface area (TPSA) is 57.0 Å². The average Bonchev–Trinajstić information content (AvgIpc) is 2.74. The van der Waals surface area contributed by atoms with Gasteiger partial charge in [0.25, 0.3) is 0 Å². The standard InChI is InChI=1S/C22H38N2O3Si/c1-25-22(14-7-8-20-28(22,26-2)27-3)15-10-18-24(19-16-23)17-9-13-21-11-5-4-6-12-21/h4-6,9,11-13H,7-8,10,14-20,23H2,1-3H3. The summed E-state index contributed by atoms with van der Waals surface area (Å²) in [6.45, 7) is 3.47. The minimum absolute atomic E-state index is 0.247. The van der Waals surface area contributed by atoms with E-state index in [2.05, 4.69) is 41.3 Å². The number of hydrogen-bond acceptors (Lipinski definition) is 5. The van der Waals surface area contributed by atoms with Crippen molar-refractivity contribution in [2.75, 3.05) is 47.5 Å². The van der Waals surface area contributed by atoms with Gasteiger partial charge in [0, 0.05) is 41.0 Å². The third-order valence-corrected chi connectivity index (χ3v) is 10.5. The Bertz CT molecular complexity index is 580. The third kappa shape index (κ3) is 5.75. The molecule has 0 aromatic heterocycles. The van der Waals surface area contributed by atoms with Crippen LogP contribution < -0.4 is 5.73 Å². The fourth-order valence-corrected chi connectivity index (χ4v) is 8.40. The number of benzene rings is 1. The third-order valence-electron chi connectivity index (χ3n) is 6.05. The highest BCUT2D eigenvalue weighted by Crippen LogP contribution is 2.42. The molecule has 0 spiro atoms. The predicted molar refractivity (Wildman–Crippen MR) is 118 cm³/mol. The van der Waals surface area contributed by atoms with Gasteiger partial charge in [-0.3, -0.25) is 4.90 Å². The highest BCUT2D eigenvalue weighted by molar-refractivity contribution is 6.70. The fraction of sp³-hybridized carbons (Fsp3) is 0.636. The number of methoxy groups -OCH3 is 1. The molecule has 1 unspecified atom stereocenters. The first-order chi connectivity index (χ1) is 13.6. The zero-order chi connectivity index (χ0) is 20.3. The van der Waals surface area contributed by atoms with Crippen molar-refractivity contribution in [3.05, 3.63) is 42.0 Å². The van der Waals surface area contributed by atoms with Crippen molar-refractivity contribution in [3.63, 3.8) is 0 Å². The van der Waals surface area contributed by atoms with Crippen LogP contribution in [0.1, 0.15) is 37.7 Å². The van der Waals surface area contributed by atoms with Crippen LogP contribution in [-0.2, 0) is 13.6 Å². The lowest BCUT2D eigenvalue weighted by Gasteiger charge is -2.48. The van der Waals surface area contributed by atoms with E-state index in [0.717, 1.165) is 44.9 Å². The molecule has 5 nitrogen and oxygen atoms in total. The molecule has 1 aliphatic rings. The van der Waals surface area contributed by atoms with Crippen LogP contribution in [0.15, 0.2) is 36.4 Å². The van der Waals surface area contributed by atoms with Crippen LogP contribution in [0.2, 0.25) is 6.04 Å². The first kappa shape index (κ1) is 23.3. The van der Waals surface area contributed by atoms with Gasteiger partial charge in [-0.25, -0.2) is 0 Å². The van der Waals surface area contributed by atoms with Gasteiger partial charge >= 0.3 is 8.56 Å². The van der Waals surface area contributed by atoms with Crippen molar-refractivity contribution in [3.8, 4) is 0 Å². The molecule has 2 N–H and O–H groups in total. The van der Waals surface area contributed by atoms with Gasteiger partial charge in [-0.05, 0) is 37.4 Å². The maximum atomic E-state index is 6.11. The Morgan fingerprint density at radius 2 is 1.86 bits per heavy atom. The largest absolute Gasteiger partial charge is 0.396 e. The Kier molecular flexibility index (Phi) is 9.84. The predicted octanol–water partition coefficient (Wildman–Crippen LogP) is 3.58. The Hall–Kier alpha value is -1.02. The van der Waals surface area contributed by atoms with Crippen molar-refractivity contribution in [2.45, 2.75) is 43.4 Å². The summed E-state index contributed by atoms with van der Waals surface area (Å²) in [7, 11) is 3.07. The van der Waals surface area contributed by atoms with Crippen molar-refractivity contribution in [2.24, 2.45) is 5.73 Å². The first-order valence-corrected chi connectivity index (χ1v) is 12.5. The molecular weight excluding hydrogens is 368 g/mol. The van der Waals surface area contributed by atoms with Crippen LogP contribution >= 0.6 is 0 Å². The molecule has 28 heavy (non-hydrogen) atoms. The Morgan fingerprint density at radius 1 is 1.11 bits per heavy atom. The van der Waals surface area contributed by atoms with Crippen molar-refractivity contribution in [1.29, 1.82) is 0 Å². The van der Waals surface area contributed by atoms with Crippen LogP contribution in [0.25, 0.3) is 6.08 Å². The molecule has 0 amide bonds. The lowest BCUT2D eigenvalue weighted by molar-refractivity contribution is -0.0169. The van der Waals surface area contributed by atoms with E-state index in [9.17, 15) is 0 Å². The van der Waals surface area contributed by atoms with Crippen LogP contribution in [0.5, 0.6) is 0 Å². The van der Waals surface area contributed by atoms with Crippen molar-refractivity contribution < 1.29 is 13.6 Å². The Balaban J connectivity index is 1.93. The molecule has 2 rings (SSSR count). The van der Waals surface area contributed by atoms with Crippen LogP contribution in [0, 0.1) is 0 Å². The highest BCUT2D eigenvalue weighted by atomic mass is 28.4. The van der Waals surface area contributed by atoms with Crippen LogP contribution in [-0.4, -0.2) is 66.2 Å². The molecule has 1 aromatic carbocycles. The molecule has 0 aliphatic carbocycles. The number of hydrogen-bond donors (Lipinski definition) is 1. The van der Waals surface area contributed by atoms with Crippen molar-refractivity contribution >= 4 is 14.6 Å². The zero-order valence-corrected chi connectivity index (χ0v) is 18.9. The number of nitrogens with zero attached hydrogens (tertiary/aromatic N) is 1. The fourth-order valence-electron chi connectivity index (χ4n) is 4.49. The van der Waals surface area contributed by atoms with Gasteiger partial charge in [-0.15, -0.1) is 0 Å². The van der Waals surface area contributed by atoms with E-state index in [0.29, 0.717) is 6.54 Å². The van der Waals surface area contributed by atoms with Crippen LogP contribution in [0.3, 0.4) is 0 Å². The first-order valence-electron chi connectivity index (χ1n) is 10.4. The summed E-state index contributed by atoms with van der Waals surface area (Å²) in [5.74, 6) is 0. The van der Waals surface area contributed by atoms with Gasteiger partial charge in [0.2, 0.25) is 0 Å². The minimum atomic E-state index is -2.35. The lowest BCUT2D eigenvalue weighted by atomic mass is 10.1. The summed E-state index contributed by atoms with van der Waals surface area (Å²) < 4.78 is 18.1. The minimum Gasteiger partial charge on any atom is -0.396 e. The zero-order valence-electron chi connectivity index (χ0n) is 17.9. The summed E-state index contributed by atoms with van der Waals surface area (Å²) in [5, 5.41) is -0.247. The van der Waals surface area contributed by atoms with Crippen LogP contribution in [0.4, 0.5) is 0 Å². The number of ether oxygens (including phenoxy) is 1. The monoisotopic (exact) mass is 406 g/mol. The van der Waals surface area contributed by atoms with Gasteiger partial charge < -0.3 is 19.3 Å². The highest BCUT2D eigenvalue weighted by Gasteiger charge is 2.58. The summed E-state index contributed by atoms with van der Waals surface area (Å²) in [6, 6.07) is 11.4. The summed E-state index contributed by atoms with van der Waals surface area (Å²) >= 11 is 0. The van der Waals surface area contributed by atoms with Gasteiger partial charge in [0.1, 0.15) is 5.22 Å². The van der Waals surface area contributed by atoms with E-state index in [1.54, 1.807) is 14.2 Å². The molecule has 0 radical (unpaired) electrons. The van der Waals surface area contributed by atoms with Gasteiger partial charge in [-0.1, -0.05) is 55.3 Å². The van der Waals surface area contributed by atoms with E-state index in [-0.39, 0.29) is 5.22 Å². The molecular formula is C22H38N2O3Si. The van der Waals surface area contributed by atoms with Crippen molar-refractivity contribution in [1.82, 2.24) is 4.90 Å². The molecule has 1 aromatic rings. The molecule has 1 heterocycles. The second-order valence-corrected chi connectivity index (χ2v) is 11.3. The second-order valence-electron chi connectivity index (χ2n) is 7.57. The molecule has 1 saturated heterocycles. The second kappa shape index (κ2) is 11.9. The molecule has 1 fully saturated rings. The Morgan fingerprint density at radius 3 is 2.50 bits per heavy atom. The van der Waals surface area contributed by atoms with E-state index in [1.165, 1.54) is 18.4 Å². The quantitative estimate of drug-likeness (QED) is 0.538. The average molecular weight is 407 g/mol. The number of rotatable bonds is 12. The van der Waals surface area contributed by atoms with E-state index < -0.39 is 8.56 Å². The molecule has 1 atom stereocenters.